The molecule has 4 rings (SSSR count). The molecular formula is C30H21ClF8N2O2. The van der Waals surface area contributed by atoms with Crippen molar-refractivity contribution in [2.24, 2.45) is 0 Å². The van der Waals surface area contributed by atoms with Crippen LogP contribution >= 0.6 is 11.6 Å². The molecule has 0 aliphatic carbocycles. The number of nitrogens with zero attached hydrogens (tertiary/aromatic N) is 1. The topological polar surface area (TPSA) is 51.2 Å². The average Bonchev–Trinajstić information content (AvgIpc) is 2.92. The molecule has 226 valence electrons. The van der Waals surface area contributed by atoms with Gasteiger partial charge in [-0.25, -0.2) is 4.39 Å². The first-order valence-corrected chi connectivity index (χ1v) is 12.8. The third-order valence-electron chi connectivity index (χ3n) is 6.48. The number of benzene rings is 3. The van der Waals surface area contributed by atoms with Crippen LogP contribution < -0.4 is 10.1 Å². The van der Waals surface area contributed by atoms with Crippen molar-refractivity contribution in [1.29, 1.82) is 0 Å². The smallest absolute Gasteiger partial charge is 0.428 e. The Morgan fingerprint density at radius 1 is 0.953 bits per heavy atom. The van der Waals surface area contributed by atoms with Gasteiger partial charge in [-0.15, -0.1) is 0 Å². The Kier molecular flexibility index (Phi) is 9.00. The number of halogens is 9. The number of aromatic nitrogens is 1. The van der Waals surface area contributed by atoms with E-state index in [9.17, 15) is 39.9 Å². The second kappa shape index (κ2) is 12.2. The minimum atomic E-state index is -5.00. The summed E-state index contributed by atoms with van der Waals surface area (Å²) < 4.78 is 113. The number of hydrogen-bond donors (Lipinski definition) is 1. The third kappa shape index (κ3) is 7.24. The van der Waals surface area contributed by atoms with E-state index in [-0.39, 0.29) is 28.3 Å². The fraction of sp³-hybridized carbons (Fsp3) is 0.200. The molecule has 1 atom stereocenters. The van der Waals surface area contributed by atoms with E-state index in [4.69, 9.17) is 11.6 Å². The van der Waals surface area contributed by atoms with Crippen molar-refractivity contribution in [2.45, 2.75) is 37.6 Å². The highest BCUT2D eigenvalue weighted by molar-refractivity contribution is 6.30. The average molecular weight is 629 g/mol. The van der Waals surface area contributed by atoms with Gasteiger partial charge in [-0.05, 0) is 60.0 Å². The van der Waals surface area contributed by atoms with Gasteiger partial charge in [-0.2, -0.15) is 30.7 Å². The van der Waals surface area contributed by atoms with Crippen molar-refractivity contribution in [2.75, 3.05) is 0 Å². The zero-order chi connectivity index (χ0) is 31.6. The monoisotopic (exact) mass is 628 g/mol. The van der Waals surface area contributed by atoms with Gasteiger partial charge in [0.2, 0.25) is 0 Å². The normalized spacial score (nSPS) is 13.5. The van der Waals surface area contributed by atoms with E-state index in [1.807, 2.05) is 0 Å². The van der Waals surface area contributed by atoms with Gasteiger partial charge in [-0.3, -0.25) is 9.78 Å². The van der Waals surface area contributed by atoms with Crippen molar-refractivity contribution < 1.29 is 44.7 Å². The molecular weight excluding hydrogens is 608 g/mol. The highest BCUT2D eigenvalue weighted by atomic mass is 35.5. The van der Waals surface area contributed by atoms with Crippen LogP contribution in [0.25, 0.3) is 0 Å². The van der Waals surface area contributed by atoms with Crippen LogP contribution in [0, 0.1) is 12.7 Å². The summed E-state index contributed by atoms with van der Waals surface area (Å²) in [6.07, 6.45) is -13.1. The number of aryl methyl sites for hydroxylation is 1. The minimum Gasteiger partial charge on any atom is -0.428 e. The summed E-state index contributed by atoms with van der Waals surface area (Å²) in [5.41, 5.74) is -3.46. The predicted molar refractivity (Wildman–Crippen MR) is 142 cm³/mol. The van der Waals surface area contributed by atoms with E-state index in [1.165, 1.54) is 25.3 Å². The van der Waals surface area contributed by atoms with Crippen LogP contribution in [-0.4, -0.2) is 23.4 Å². The molecule has 1 amide bonds. The number of carbonyl (C=O) groups is 1. The van der Waals surface area contributed by atoms with Gasteiger partial charge in [0.25, 0.3) is 5.91 Å². The number of ether oxygens (including phenoxy) is 1. The standard InChI is InChI=1S/C30H21ClF8N2O2/c1-17-7-8-19(11-24(17)29(35,36)37)26(42)41-28(15-18-5-3-2-4-6-18,25-10-9-21(31)16-40-25)20-12-22(32)14-23(13-20)43-30(38,39)27(33)34/h2-14,16,27H,15H2,1H3,(H,41,42)/t28-/m1/s1. The second-order valence-electron chi connectivity index (χ2n) is 9.55. The fourth-order valence-corrected chi connectivity index (χ4v) is 4.57. The molecule has 0 bridgehead atoms. The molecule has 0 saturated carbocycles. The third-order valence-corrected chi connectivity index (χ3v) is 6.70. The highest BCUT2D eigenvalue weighted by Gasteiger charge is 2.45. The van der Waals surface area contributed by atoms with Gasteiger partial charge in [0, 0.05) is 24.2 Å². The van der Waals surface area contributed by atoms with E-state index in [2.05, 4.69) is 15.0 Å². The summed E-state index contributed by atoms with van der Waals surface area (Å²) >= 11 is 6.01. The van der Waals surface area contributed by atoms with Gasteiger partial charge >= 0.3 is 18.7 Å². The van der Waals surface area contributed by atoms with E-state index >= 15 is 0 Å². The van der Waals surface area contributed by atoms with Crippen molar-refractivity contribution in [3.63, 3.8) is 0 Å². The Hall–Kier alpha value is -4.19. The summed E-state index contributed by atoms with van der Waals surface area (Å²) in [5, 5.41) is 2.77. The number of alkyl halides is 7. The minimum absolute atomic E-state index is 0.0329. The first kappa shape index (κ1) is 31.7. The van der Waals surface area contributed by atoms with Crippen molar-refractivity contribution in [1.82, 2.24) is 10.3 Å². The molecule has 43 heavy (non-hydrogen) atoms. The lowest BCUT2D eigenvalue weighted by molar-refractivity contribution is -0.253. The number of pyridine rings is 1. The number of hydrogen-bond acceptors (Lipinski definition) is 3. The number of amides is 1. The van der Waals surface area contributed by atoms with Crippen LogP contribution in [0.2, 0.25) is 5.02 Å². The lowest BCUT2D eigenvalue weighted by Crippen LogP contribution is -2.49. The summed E-state index contributed by atoms with van der Waals surface area (Å²) in [7, 11) is 0. The van der Waals surface area contributed by atoms with Crippen LogP contribution in [0.1, 0.15) is 38.3 Å². The Morgan fingerprint density at radius 3 is 2.26 bits per heavy atom. The molecule has 1 N–H and O–H groups in total. The van der Waals surface area contributed by atoms with Gasteiger partial charge in [0.15, 0.2) is 0 Å². The van der Waals surface area contributed by atoms with Crippen LogP contribution in [0.5, 0.6) is 5.75 Å². The van der Waals surface area contributed by atoms with Crippen LogP contribution in [0.15, 0.2) is 85.1 Å². The molecule has 1 heterocycles. The summed E-state index contributed by atoms with van der Waals surface area (Å²) in [4.78, 5) is 17.9. The Bertz CT molecular complexity index is 1600. The largest absolute Gasteiger partial charge is 0.461 e. The zero-order valence-corrected chi connectivity index (χ0v) is 22.8. The molecule has 4 nitrogen and oxygen atoms in total. The van der Waals surface area contributed by atoms with E-state index in [0.29, 0.717) is 17.7 Å². The lowest BCUT2D eigenvalue weighted by atomic mass is 9.80. The molecule has 0 spiro atoms. The first-order valence-electron chi connectivity index (χ1n) is 12.4. The lowest BCUT2D eigenvalue weighted by Gasteiger charge is -2.36. The van der Waals surface area contributed by atoms with Gasteiger partial charge < -0.3 is 10.1 Å². The SMILES string of the molecule is Cc1ccc(C(=O)N[C@](Cc2ccccc2)(c2cc(F)cc(OC(F)(F)C(F)F)c2)c2ccc(Cl)cn2)cc1C(F)(F)F. The predicted octanol–water partition coefficient (Wildman–Crippen LogP) is 8.35. The van der Waals surface area contributed by atoms with Crippen molar-refractivity contribution >= 4 is 17.5 Å². The number of carbonyl (C=O) groups excluding carboxylic acids is 1. The van der Waals surface area contributed by atoms with Crippen LogP contribution in [-0.2, 0) is 18.1 Å². The van der Waals surface area contributed by atoms with Crippen molar-refractivity contribution in [3.05, 3.63) is 129 Å². The van der Waals surface area contributed by atoms with Crippen LogP contribution in [0.4, 0.5) is 35.1 Å². The maximum atomic E-state index is 15.0. The second-order valence-corrected chi connectivity index (χ2v) is 9.99. The quantitative estimate of drug-likeness (QED) is 0.190. The molecule has 3 aromatic carbocycles. The molecule has 1 aromatic heterocycles. The van der Waals surface area contributed by atoms with E-state index < -0.39 is 52.9 Å². The van der Waals surface area contributed by atoms with Crippen molar-refractivity contribution in [3.8, 4) is 5.75 Å². The molecule has 0 radical (unpaired) electrons. The molecule has 0 fully saturated rings. The Labute approximate surface area is 245 Å². The Balaban J connectivity index is 1.95. The molecule has 0 aliphatic heterocycles. The Morgan fingerprint density at radius 2 is 1.65 bits per heavy atom. The number of nitrogens with one attached hydrogen (secondary N) is 1. The van der Waals surface area contributed by atoms with E-state index in [1.54, 1.807) is 30.3 Å². The maximum Gasteiger partial charge on any atom is 0.461 e. The molecule has 0 saturated heterocycles. The zero-order valence-electron chi connectivity index (χ0n) is 22.0. The summed E-state index contributed by atoms with van der Waals surface area (Å²) in [6.45, 7) is 1.21. The molecule has 4 aromatic rings. The molecule has 13 heteroatoms. The van der Waals surface area contributed by atoms with Gasteiger partial charge in [0.05, 0.1) is 16.3 Å². The summed E-state index contributed by atoms with van der Waals surface area (Å²) in [6, 6.07) is 15.9. The number of rotatable bonds is 9. The molecule has 0 unspecified atom stereocenters. The van der Waals surface area contributed by atoms with Crippen LogP contribution in [0.3, 0.4) is 0 Å². The maximum absolute atomic E-state index is 15.0. The van der Waals surface area contributed by atoms with E-state index in [0.717, 1.165) is 24.3 Å². The van der Waals surface area contributed by atoms with Gasteiger partial charge in [-0.1, -0.05) is 48.0 Å². The van der Waals surface area contributed by atoms with Gasteiger partial charge in [0.1, 0.15) is 17.1 Å². The first-order chi connectivity index (χ1) is 20.1. The fourth-order valence-electron chi connectivity index (χ4n) is 4.46. The molecule has 0 aliphatic rings. The highest BCUT2D eigenvalue weighted by Crippen LogP contribution is 2.38. The summed E-state index contributed by atoms with van der Waals surface area (Å²) in [5.74, 6) is -3.27.